The standard InChI is InChI=1S/C28H33N3O6S2/c1-22(24-8-4-2-5-9-24)30-38(33,34)26-16-12-25(13-17-26)37-21-28(32)29-20-23-10-14-27(15-11-23)39(35,36)31-18-6-3-7-19-31/h2,4-5,8-17,22,30H,3,6-7,18-21H2,1H3,(H,29,32)/t22-/m1/s1. The molecule has 1 aliphatic heterocycles. The molecule has 0 aromatic heterocycles. The fourth-order valence-electron chi connectivity index (χ4n) is 4.26. The summed E-state index contributed by atoms with van der Waals surface area (Å²) in [7, 11) is -7.24. The molecule has 39 heavy (non-hydrogen) atoms. The summed E-state index contributed by atoms with van der Waals surface area (Å²) in [6.07, 6.45) is 2.80. The van der Waals surface area contributed by atoms with Gasteiger partial charge in [0, 0.05) is 25.7 Å². The first-order chi connectivity index (χ1) is 18.6. The van der Waals surface area contributed by atoms with Crippen LogP contribution >= 0.6 is 0 Å². The van der Waals surface area contributed by atoms with Gasteiger partial charge in [-0.3, -0.25) is 4.79 Å². The first-order valence-electron chi connectivity index (χ1n) is 12.8. The average molecular weight is 572 g/mol. The lowest BCUT2D eigenvalue weighted by Crippen LogP contribution is -2.35. The molecular formula is C28H33N3O6S2. The molecule has 4 rings (SSSR count). The van der Waals surface area contributed by atoms with Crippen molar-refractivity contribution < 1.29 is 26.4 Å². The van der Waals surface area contributed by atoms with E-state index in [1.807, 2.05) is 30.3 Å². The molecule has 0 aliphatic carbocycles. The van der Waals surface area contributed by atoms with Crippen LogP contribution in [0.15, 0.2) is 88.7 Å². The topological polar surface area (TPSA) is 122 Å². The maximum atomic E-state index is 12.8. The maximum absolute atomic E-state index is 12.8. The third-order valence-corrected chi connectivity index (χ3v) is 9.97. The number of carbonyl (C=O) groups is 1. The predicted octanol–water partition coefficient (Wildman–Crippen LogP) is 3.60. The molecule has 0 unspecified atom stereocenters. The van der Waals surface area contributed by atoms with Gasteiger partial charge in [-0.1, -0.05) is 48.9 Å². The Morgan fingerprint density at radius 2 is 1.46 bits per heavy atom. The van der Waals surface area contributed by atoms with Gasteiger partial charge in [-0.05, 0) is 67.3 Å². The van der Waals surface area contributed by atoms with E-state index in [-0.39, 0.29) is 28.8 Å². The Kier molecular flexibility index (Phi) is 9.39. The van der Waals surface area contributed by atoms with Crippen molar-refractivity contribution in [3.8, 4) is 5.75 Å². The van der Waals surface area contributed by atoms with Crippen molar-refractivity contribution in [1.82, 2.24) is 14.3 Å². The summed E-state index contributed by atoms with van der Waals surface area (Å²) >= 11 is 0. The number of piperidine rings is 1. The number of nitrogens with zero attached hydrogens (tertiary/aromatic N) is 1. The van der Waals surface area contributed by atoms with Crippen molar-refractivity contribution >= 4 is 26.0 Å². The molecule has 0 saturated carbocycles. The van der Waals surface area contributed by atoms with Crippen LogP contribution < -0.4 is 14.8 Å². The Morgan fingerprint density at radius 1 is 0.846 bits per heavy atom. The highest BCUT2D eigenvalue weighted by Crippen LogP contribution is 2.21. The van der Waals surface area contributed by atoms with E-state index >= 15 is 0 Å². The van der Waals surface area contributed by atoms with Crippen molar-refractivity contribution in [2.24, 2.45) is 0 Å². The molecule has 1 heterocycles. The minimum absolute atomic E-state index is 0.0906. The van der Waals surface area contributed by atoms with Crippen LogP contribution in [0.5, 0.6) is 5.75 Å². The summed E-state index contributed by atoms with van der Waals surface area (Å²) in [4.78, 5) is 12.6. The third-order valence-electron chi connectivity index (χ3n) is 6.50. The fourth-order valence-corrected chi connectivity index (χ4v) is 7.01. The van der Waals surface area contributed by atoms with Crippen LogP contribution in [-0.4, -0.2) is 46.7 Å². The smallest absolute Gasteiger partial charge is 0.258 e. The molecule has 1 amide bonds. The molecule has 0 bridgehead atoms. The number of hydrogen-bond acceptors (Lipinski definition) is 6. The average Bonchev–Trinajstić information content (AvgIpc) is 2.96. The number of carbonyl (C=O) groups excluding carboxylic acids is 1. The number of nitrogens with one attached hydrogen (secondary N) is 2. The number of ether oxygens (including phenoxy) is 1. The van der Waals surface area contributed by atoms with Crippen LogP contribution in [0.3, 0.4) is 0 Å². The molecule has 11 heteroatoms. The summed E-state index contributed by atoms with van der Waals surface area (Å²) < 4.78 is 60.6. The van der Waals surface area contributed by atoms with Gasteiger partial charge in [0.25, 0.3) is 5.91 Å². The summed E-state index contributed by atoms with van der Waals surface area (Å²) in [6.45, 7) is 2.83. The number of hydrogen-bond donors (Lipinski definition) is 2. The van der Waals surface area contributed by atoms with Gasteiger partial charge in [0.15, 0.2) is 6.61 Å². The van der Waals surface area contributed by atoms with Crippen LogP contribution in [0.1, 0.15) is 43.4 Å². The molecule has 0 spiro atoms. The lowest BCUT2D eigenvalue weighted by molar-refractivity contribution is -0.123. The van der Waals surface area contributed by atoms with E-state index in [4.69, 9.17) is 4.74 Å². The van der Waals surface area contributed by atoms with Crippen LogP contribution in [0.2, 0.25) is 0 Å². The zero-order valence-electron chi connectivity index (χ0n) is 21.7. The van der Waals surface area contributed by atoms with Crippen molar-refractivity contribution in [2.75, 3.05) is 19.7 Å². The quantitative estimate of drug-likeness (QED) is 0.363. The maximum Gasteiger partial charge on any atom is 0.258 e. The van der Waals surface area contributed by atoms with Gasteiger partial charge < -0.3 is 10.1 Å². The second-order valence-corrected chi connectivity index (χ2v) is 13.1. The van der Waals surface area contributed by atoms with Crippen molar-refractivity contribution in [3.63, 3.8) is 0 Å². The summed E-state index contributed by atoms with van der Waals surface area (Å²) in [5, 5.41) is 2.73. The molecule has 1 aliphatic rings. The van der Waals surface area contributed by atoms with Crippen LogP contribution in [0.25, 0.3) is 0 Å². The summed E-state index contributed by atoms with van der Waals surface area (Å²) in [5.41, 5.74) is 1.61. The predicted molar refractivity (Wildman–Crippen MR) is 148 cm³/mol. The van der Waals surface area contributed by atoms with Gasteiger partial charge in [-0.25, -0.2) is 21.6 Å². The van der Waals surface area contributed by atoms with Crippen molar-refractivity contribution in [2.45, 2.75) is 48.6 Å². The molecule has 1 fully saturated rings. The van der Waals surface area contributed by atoms with Gasteiger partial charge >= 0.3 is 0 Å². The van der Waals surface area contributed by atoms with Crippen molar-refractivity contribution in [3.05, 3.63) is 90.0 Å². The lowest BCUT2D eigenvalue weighted by Gasteiger charge is -2.25. The van der Waals surface area contributed by atoms with Gasteiger partial charge in [0.05, 0.1) is 9.79 Å². The van der Waals surface area contributed by atoms with Gasteiger partial charge in [-0.2, -0.15) is 4.31 Å². The number of sulfonamides is 2. The molecule has 2 N–H and O–H groups in total. The zero-order chi connectivity index (χ0) is 27.9. The highest BCUT2D eigenvalue weighted by molar-refractivity contribution is 7.89. The van der Waals surface area contributed by atoms with E-state index in [9.17, 15) is 21.6 Å². The van der Waals surface area contributed by atoms with Crippen LogP contribution in [0, 0.1) is 0 Å². The van der Waals surface area contributed by atoms with Gasteiger partial charge in [0.1, 0.15) is 5.75 Å². The number of benzene rings is 3. The van der Waals surface area contributed by atoms with E-state index in [1.54, 1.807) is 31.2 Å². The fraction of sp³-hybridized carbons (Fsp3) is 0.321. The van der Waals surface area contributed by atoms with E-state index < -0.39 is 26.1 Å². The first-order valence-corrected chi connectivity index (χ1v) is 15.7. The van der Waals surface area contributed by atoms with Crippen LogP contribution in [-0.2, 0) is 31.4 Å². The minimum Gasteiger partial charge on any atom is -0.484 e. The van der Waals surface area contributed by atoms with E-state index in [0.717, 1.165) is 30.4 Å². The molecular weight excluding hydrogens is 538 g/mol. The normalized spacial score (nSPS) is 15.4. The second-order valence-electron chi connectivity index (χ2n) is 9.40. The Morgan fingerprint density at radius 3 is 2.10 bits per heavy atom. The molecule has 1 saturated heterocycles. The zero-order valence-corrected chi connectivity index (χ0v) is 23.4. The SMILES string of the molecule is C[C@@H](NS(=O)(=O)c1ccc(OCC(=O)NCc2ccc(S(=O)(=O)N3CCCCC3)cc2)cc1)c1ccccc1. The lowest BCUT2D eigenvalue weighted by atomic mass is 10.1. The summed E-state index contributed by atoms with van der Waals surface area (Å²) in [6, 6.07) is 21.2. The third kappa shape index (κ3) is 7.66. The molecule has 9 nitrogen and oxygen atoms in total. The molecule has 3 aromatic rings. The Labute approximate surface area is 230 Å². The number of rotatable bonds is 11. The van der Waals surface area contributed by atoms with E-state index in [0.29, 0.717) is 18.8 Å². The van der Waals surface area contributed by atoms with E-state index in [2.05, 4.69) is 10.0 Å². The second kappa shape index (κ2) is 12.7. The highest BCUT2D eigenvalue weighted by Gasteiger charge is 2.25. The van der Waals surface area contributed by atoms with Crippen molar-refractivity contribution in [1.29, 1.82) is 0 Å². The molecule has 3 aromatic carbocycles. The highest BCUT2D eigenvalue weighted by atomic mass is 32.2. The first kappa shape index (κ1) is 28.8. The molecule has 208 valence electrons. The van der Waals surface area contributed by atoms with Gasteiger partial charge in [0.2, 0.25) is 20.0 Å². The summed E-state index contributed by atoms with van der Waals surface area (Å²) in [5.74, 6) is -0.0115. The van der Waals surface area contributed by atoms with E-state index in [1.165, 1.54) is 28.6 Å². The Balaban J connectivity index is 1.24. The largest absolute Gasteiger partial charge is 0.484 e. The van der Waals surface area contributed by atoms with Crippen LogP contribution in [0.4, 0.5) is 0 Å². The molecule has 0 radical (unpaired) electrons. The monoisotopic (exact) mass is 571 g/mol. The molecule has 1 atom stereocenters. The minimum atomic E-state index is -3.74. The Hall–Kier alpha value is -3.25. The number of amides is 1. The van der Waals surface area contributed by atoms with Gasteiger partial charge in [-0.15, -0.1) is 0 Å². The Bertz CT molecular complexity index is 1450.